The van der Waals surface area contributed by atoms with Crippen molar-refractivity contribution in [2.75, 3.05) is 0 Å². The van der Waals surface area contributed by atoms with Crippen LogP contribution in [0.1, 0.15) is 31.2 Å². The Hall–Kier alpha value is -2.37. The molecule has 1 fully saturated rings. The lowest BCUT2D eigenvalue weighted by Crippen LogP contribution is -2.39. The lowest BCUT2D eigenvalue weighted by atomic mass is 9.86. The quantitative estimate of drug-likeness (QED) is 0.803. The number of nitrogens with one attached hydrogen (secondary N) is 2. The van der Waals surface area contributed by atoms with Crippen LogP contribution in [0.4, 0.5) is 0 Å². The number of benzene rings is 1. The summed E-state index contributed by atoms with van der Waals surface area (Å²) in [5.74, 6) is -0.994. The van der Waals surface area contributed by atoms with Crippen molar-refractivity contribution in [1.82, 2.24) is 15.5 Å². The third-order valence-electron chi connectivity index (χ3n) is 4.31. The lowest BCUT2D eigenvalue weighted by Gasteiger charge is -2.26. The molecule has 1 aromatic heterocycles. The fraction of sp³-hybridized carbons (Fsp3) is 0.438. The molecule has 1 aromatic carbocycles. The van der Waals surface area contributed by atoms with Crippen LogP contribution in [0.25, 0.3) is 10.9 Å². The fourth-order valence-electron chi connectivity index (χ4n) is 3.04. The standard InChI is InChI=1S/C16H19N3O3/c20-15(18-13-5-3-11(4-6-13)16(21)22)8-10-1-2-12-9-17-19-14(12)7-10/h1-2,7,9,11,13H,3-6,8H2,(H,17,19)(H,18,20)(H,21,22). The molecule has 1 saturated carbocycles. The van der Waals surface area contributed by atoms with E-state index in [1.54, 1.807) is 6.20 Å². The Morgan fingerprint density at radius 1 is 1.27 bits per heavy atom. The van der Waals surface area contributed by atoms with Gasteiger partial charge in [-0.15, -0.1) is 0 Å². The highest BCUT2D eigenvalue weighted by Gasteiger charge is 2.26. The fourth-order valence-corrected chi connectivity index (χ4v) is 3.04. The van der Waals surface area contributed by atoms with Gasteiger partial charge in [-0.2, -0.15) is 5.10 Å². The molecule has 1 heterocycles. The van der Waals surface area contributed by atoms with Gasteiger partial charge in [-0.05, 0) is 37.3 Å². The van der Waals surface area contributed by atoms with E-state index in [2.05, 4.69) is 15.5 Å². The molecule has 0 atom stereocenters. The number of carbonyl (C=O) groups excluding carboxylic acids is 1. The number of aromatic nitrogens is 2. The van der Waals surface area contributed by atoms with Gasteiger partial charge in [0.25, 0.3) is 0 Å². The molecule has 3 N–H and O–H groups in total. The van der Waals surface area contributed by atoms with E-state index in [0.29, 0.717) is 19.3 Å². The molecule has 2 aromatic rings. The Morgan fingerprint density at radius 2 is 2.05 bits per heavy atom. The first-order valence-corrected chi connectivity index (χ1v) is 7.56. The zero-order valence-electron chi connectivity index (χ0n) is 12.2. The molecule has 0 unspecified atom stereocenters. The van der Waals surface area contributed by atoms with E-state index in [9.17, 15) is 9.59 Å². The van der Waals surface area contributed by atoms with Gasteiger partial charge in [0.05, 0.1) is 24.1 Å². The molecule has 1 aliphatic rings. The third-order valence-corrected chi connectivity index (χ3v) is 4.31. The number of aliphatic carboxylic acids is 1. The number of H-pyrrole nitrogens is 1. The van der Waals surface area contributed by atoms with Gasteiger partial charge < -0.3 is 10.4 Å². The van der Waals surface area contributed by atoms with Crippen molar-refractivity contribution >= 4 is 22.8 Å². The number of aromatic amines is 1. The van der Waals surface area contributed by atoms with E-state index >= 15 is 0 Å². The molecule has 0 saturated heterocycles. The summed E-state index contributed by atoms with van der Waals surface area (Å²) < 4.78 is 0. The molecule has 1 amide bonds. The van der Waals surface area contributed by atoms with E-state index in [1.165, 1.54) is 0 Å². The number of hydrogen-bond donors (Lipinski definition) is 3. The van der Waals surface area contributed by atoms with Crippen LogP contribution >= 0.6 is 0 Å². The number of nitrogens with zero attached hydrogens (tertiary/aromatic N) is 1. The zero-order valence-corrected chi connectivity index (χ0v) is 12.2. The van der Waals surface area contributed by atoms with E-state index in [0.717, 1.165) is 29.3 Å². The summed E-state index contributed by atoms with van der Waals surface area (Å²) in [5.41, 5.74) is 1.86. The van der Waals surface area contributed by atoms with Crippen molar-refractivity contribution in [3.8, 4) is 0 Å². The minimum Gasteiger partial charge on any atom is -0.481 e. The van der Waals surface area contributed by atoms with Crippen LogP contribution in [-0.2, 0) is 16.0 Å². The van der Waals surface area contributed by atoms with E-state index < -0.39 is 5.97 Å². The van der Waals surface area contributed by atoms with Crippen LogP contribution in [-0.4, -0.2) is 33.2 Å². The number of fused-ring (bicyclic) bond motifs is 1. The largest absolute Gasteiger partial charge is 0.481 e. The first-order chi connectivity index (χ1) is 10.6. The van der Waals surface area contributed by atoms with Gasteiger partial charge in [0, 0.05) is 11.4 Å². The minimum atomic E-state index is -0.724. The number of hydrogen-bond acceptors (Lipinski definition) is 3. The van der Waals surface area contributed by atoms with Crippen LogP contribution in [0.15, 0.2) is 24.4 Å². The minimum absolute atomic E-state index is 0.0161. The van der Waals surface area contributed by atoms with E-state index in [1.807, 2.05) is 18.2 Å². The highest BCUT2D eigenvalue weighted by atomic mass is 16.4. The first kappa shape index (κ1) is 14.6. The summed E-state index contributed by atoms with van der Waals surface area (Å²) >= 11 is 0. The van der Waals surface area contributed by atoms with E-state index in [4.69, 9.17) is 5.11 Å². The molecular formula is C16H19N3O3. The molecule has 0 spiro atoms. The average Bonchev–Trinajstić information content (AvgIpc) is 2.95. The number of carboxylic acid groups (broad SMARTS) is 1. The Labute approximate surface area is 127 Å². The van der Waals surface area contributed by atoms with Gasteiger partial charge in [0.15, 0.2) is 0 Å². The topological polar surface area (TPSA) is 95.1 Å². The summed E-state index contributed by atoms with van der Waals surface area (Å²) in [6, 6.07) is 5.90. The summed E-state index contributed by atoms with van der Waals surface area (Å²) in [5, 5.41) is 19.9. The van der Waals surface area contributed by atoms with Gasteiger partial charge in [-0.3, -0.25) is 14.7 Å². The van der Waals surface area contributed by atoms with Crippen molar-refractivity contribution < 1.29 is 14.7 Å². The van der Waals surface area contributed by atoms with Gasteiger partial charge in [-0.1, -0.05) is 12.1 Å². The molecule has 1 aliphatic carbocycles. The third kappa shape index (κ3) is 3.27. The predicted molar refractivity (Wildman–Crippen MR) is 81.3 cm³/mol. The molecule has 0 aliphatic heterocycles. The molecule has 22 heavy (non-hydrogen) atoms. The maximum absolute atomic E-state index is 12.1. The highest BCUT2D eigenvalue weighted by molar-refractivity contribution is 5.83. The predicted octanol–water partition coefficient (Wildman–Crippen LogP) is 1.87. The second-order valence-electron chi connectivity index (χ2n) is 5.92. The summed E-state index contributed by atoms with van der Waals surface area (Å²) in [6.45, 7) is 0. The van der Waals surface area contributed by atoms with Crippen LogP contribution in [0.5, 0.6) is 0 Å². The average molecular weight is 301 g/mol. The SMILES string of the molecule is O=C(Cc1ccc2cn[nH]c2c1)NC1CCC(C(=O)O)CC1. The highest BCUT2D eigenvalue weighted by Crippen LogP contribution is 2.24. The maximum atomic E-state index is 12.1. The van der Waals surface area contributed by atoms with Gasteiger partial charge in [0.2, 0.25) is 5.91 Å². The zero-order chi connectivity index (χ0) is 15.5. The molecule has 6 nitrogen and oxygen atoms in total. The van der Waals surface area contributed by atoms with Crippen LogP contribution in [0.2, 0.25) is 0 Å². The number of rotatable bonds is 4. The molecule has 116 valence electrons. The van der Waals surface area contributed by atoms with Crippen molar-refractivity contribution in [2.45, 2.75) is 38.1 Å². The van der Waals surface area contributed by atoms with Gasteiger partial charge >= 0.3 is 5.97 Å². The summed E-state index contributed by atoms with van der Waals surface area (Å²) in [4.78, 5) is 23.0. The Balaban J connectivity index is 1.53. The maximum Gasteiger partial charge on any atom is 0.306 e. The van der Waals surface area contributed by atoms with Crippen LogP contribution in [0.3, 0.4) is 0 Å². The van der Waals surface area contributed by atoms with Gasteiger partial charge in [-0.25, -0.2) is 0 Å². The summed E-state index contributed by atoms with van der Waals surface area (Å²) in [7, 11) is 0. The van der Waals surface area contributed by atoms with Crippen molar-refractivity contribution in [3.63, 3.8) is 0 Å². The van der Waals surface area contributed by atoms with Crippen molar-refractivity contribution in [2.24, 2.45) is 5.92 Å². The number of amides is 1. The summed E-state index contributed by atoms with van der Waals surface area (Å²) in [6.07, 6.45) is 4.83. The van der Waals surface area contributed by atoms with Crippen molar-refractivity contribution in [3.05, 3.63) is 30.0 Å². The van der Waals surface area contributed by atoms with E-state index in [-0.39, 0.29) is 17.9 Å². The molecule has 0 radical (unpaired) electrons. The Bertz CT molecular complexity index is 687. The molecule has 3 rings (SSSR count). The normalized spacial score (nSPS) is 21.6. The number of carboxylic acids is 1. The Morgan fingerprint density at radius 3 is 2.77 bits per heavy atom. The lowest BCUT2D eigenvalue weighted by molar-refractivity contribution is -0.142. The molecule has 6 heteroatoms. The first-order valence-electron chi connectivity index (χ1n) is 7.56. The number of carbonyl (C=O) groups is 2. The van der Waals surface area contributed by atoms with Crippen molar-refractivity contribution in [1.29, 1.82) is 0 Å². The van der Waals surface area contributed by atoms with Crippen LogP contribution < -0.4 is 5.32 Å². The second kappa shape index (κ2) is 6.17. The molecule has 0 bridgehead atoms. The van der Waals surface area contributed by atoms with Crippen LogP contribution in [0, 0.1) is 5.92 Å². The molecular weight excluding hydrogens is 282 g/mol. The van der Waals surface area contributed by atoms with Gasteiger partial charge in [0.1, 0.15) is 0 Å². The Kier molecular flexibility index (Phi) is 4.09. The monoisotopic (exact) mass is 301 g/mol. The smallest absolute Gasteiger partial charge is 0.306 e. The second-order valence-corrected chi connectivity index (χ2v) is 5.92.